The van der Waals surface area contributed by atoms with Gasteiger partial charge in [-0.15, -0.1) is 0 Å². The van der Waals surface area contributed by atoms with E-state index in [1.165, 1.54) is 0 Å². The van der Waals surface area contributed by atoms with Gasteiger partial charge in [0.1, 0.15) is 6.04 Å². The summed E-state index contributed by atoms with van der Waals surface area (Å²) >= 11 is 12.0. The van der Waals surface area contributed by atoms with Crippen molar-refractivity contribution in [3.63, 3.8) is 0 Å². The normalized spacial score (nSPS) is 21.2. The number of hydrogen-bond acceptors (Lipinski definition) is 2. The van der Waals surface area contributed by atoms with E-state index in [4.69, 9.17) is 23.2 Å². The molecule has 1 atom stereocenters. The van der Waals surface area contributed by atoms with Gasteiger partial charge in [-0.05, 0) is 63.1 Å². The molecule has 0 bridgehead atoms. The van der Waals surface area contributed by atoms with Crippen molar-refractivity contribution in [2.45, 2.75) is 45.1 Å². The lowest BCUT2D eigenvalue weighted by molar-refractivity contribution is -0.136. The van der Waals surface area contributed by atoms with Crippen LogP contribution in [-0.4, -0.2) is 29.3 Å². The van der Waals surface area contributed by atoms with Gasteiger partial charge in [0.15, 0.2) is 0 Å². The van der Waals surface area contributed by atoms with Gasteiger partial charge in [0, 0.05) is 17.6 Å². The van der Waals surface area contributed by atoms with Crippen LogP contribution in [0.3, 0.4) is 0 Å². The van der Waals surface area contributed by atoms with E-state index >= 15 is 0 Å². The zero-order chi connectivity index (χ0) is 18.0. The number of piperidine rings is 1. The summed E-state index contributed by atoms with van der Waals surface area (Å²) in [4.78, 5) is 27.1. The van der Waals surface area contributed by atoms with Crippen LogP contribution in [0.5, 0.6) is 0 Å². The molecular formula is C19H22Cl2N2O2. The number of halogens is 2. The van der Waals surface area contributed by atoms with Crippen molar-refractivity contribution < 1.29 is 9.59 Å². The molecule has 0 aromatic heterocycles. The Labute approximate surface area is 158 Å². The number of carbonyl (C=O) groups is 2. The second-order valence-corrected chi connectivity index (χ2v) is 7.66. The first kappa shape index (κ1) is 18.3. The smallest absolute Gasteiger partial charge is 0.247 e. The minimum absolute atomic E-state index is 0.0635. The molecule has 2 aliphatic rings. The molecule has 1 N–H and O–H groups in total. The standard InChI is InChI=1S/C19H22Cl2N2O2/c1-12(13-5-6-13)10-18(24)23-9-3-2-4-17(23)19(25)22-16-8-7-14(20)11-15(16)21/h7-8,10-11,13,17H,2-6,9H2,1H3,(H,22,25)/b12-10-/t17-/m1/s1. The number of carbonyl (C=O) groups excluding carboxylic acids is 2. The fourth-order valence-electron chi connectivity index (χ4n) is 3.21. The maximum absolute atomic E-state index is 12.7. The van der Waals surface area contributed by atoms with Crippen LogP contribution in [0.2, 0.25) is 10.0 Å². The van der Waals surface area contributed by atoms with Crippen LogP contribution in [0.15, 0.2) is 29.8 Å². The Kier molecular flexibility index (Phi) is 5.70. The Balaban J connectivity index is 1.72. The maximum atomic E-state index is 12.7. The molecule has 1 aromatic carbocycles. The molecule has 1 saturated heterocycles. The van der Waals surface area contributed by atoms with Crippen LogP contribution in [0.1, 0.15) is 39.0 Å². The number of hydrogen-bond donors (Lipinski definition) is 1. The molecule has 4 nitrogen and oxygen atoms in total. The highest BCUT2D eigenvalue weighted by Crippen LogP contribution is 2.36. The van der Waals surface area contributed by atoms with Gasteiger partial charge >= 0.3 is 0 Å². The van der Waals surface area contributed by atoms with E-state index in [0.717, 1.165) is 31.3 Å². The summed E-state index contributed by atoms with van der Waals surface area (Å²) in [6.07, 6.45) is 6.55. The summed E-state index contributed by atoms with van der Waals surface area (Å²) in [5.74, 6) is 0.287. The number of rotatable bonds is 4. The van der Waals surface area contributed by atoms with Crippen molar-refractivity contribution in [2.75, 3.05) is 11.9 Å². The van der Waals surface area contributed by atoms with Crippen molar-refractivity contribution in [1.82, 2.24) is 4.90 Å². The second kappa shape index (κ2) is 7.79. The molecule has 2 fully saturated rings. The molecule has 0 spiro atoms. The van der Waals surface area contributed by atoms with E-state index in [1.807, 2.05) is 6.92 Å². The molecule has 3 rings (SSSR count). The first-order valence-electron chi connectivity index (χ1n) is 8.70. The number of anilines is 1. The number of likely N-dealkylation sites (tertiary alicyclic amines) is 1. The molecule has 2 amide bonds. The summed E-state index contributed by atoms with van der Waals surface area (Å²) in [5, 5.41) is 3.74. The summed E-state index contributed by atoms with van der Waals surface area (Å²) < 4.78 is 0. The summed E-state index contributed by atoms with van der Waals surface area (Å²) in [5.41, 5.74) is 1.63. The average molecular weight is 381 g/mol. The monoisotopic (exact) mass is 380 g/mol. The number of allylic oxidation sites excluding steroid dienone is 1. The van der Waals surface area contributed by atoms with Crippen molar-refractivity contribution in [2.24, 2.45) is 5.92 Å². The predicted octanol–water partition coefficient (Wildman–Crippen LogP) is 4.67. The van der Waals surface area contributed by atoms with Crippen LogP contribution in [0, 0.1) is 5.92 Å². The predicted molar refractivity (Wildman–Crippen MR) is 101 cm³/mol. The zero-order valence-corrected chi connectivity index (χ0v) is 15.7. The largest absolute Gasteiger partial charge is 0.327 e. The first-order chi connectivity index (χ1) is 12.0. The first-order valence-corrected chi connectivity index (χ1v) is 9.46. The highest BCUT2D eigenvalue weighted by molar-refractivity contribution is 6.36. The minimum atomic E-state index is -0.462. The highest BCUT2D eigenvalue weighted by Gasteiger charge is 2.32. The molecule has 0 unspecified atom stereocenters. The molecule has 6 heteroatoms. The fraction of sp³-hybridized carbons (Fsp3) is 0.474. The van der Waals surface area contributed by atoms with E-state index in [0.29, 0.717) is 34.6 Å². The molecule has 25 heavy (non-hydrogen) atoms. The van der Waals surface area contributed by atoms with E-state index in [-0.39, 0.29) is 11.8 Å². The lowest BCUT2D eigenvalue weighted by Crippen LogP contribution is -2.49. The van der Waals surface area contributed by atoms with Gasteiger partial charge in [-0.1, -0.05) is 28.8 Å². The molecule has 1 aliphatic heterocycles. The molecule has 134 valence electrons. The Morgan fingerprint density at radius 2 is 1.96 bits per heavy atom. The van der Waals surface area contributed by atoms with Crippen LogP contribution in [-0.2, 0) is 9.59 Å². The molecule has 1 heterocycles. The lowest BCUT2D eigenvalue weighted by Gasteiger charge is -2.34. The third-order valence-corrected chi connectivity index (χ3v) is 5.40. The number of benzene rings is 1. The fourth-order valence-corrected chi connectivity index (χ4v) is 3.66. The molecule has 0 radical (unpaired) electrons. The van der Waals surface area contributed by atoms with Gasteiger partial charge in [-0.2, -0.15) is 0 Å². The Bertz CT molecular complexity index is 713. The molecular weight excluding hydrogens is 359 g/mol. The van der Waals surface area contributed by atoms with Gasteiger partial charge in [-0.3, -0.25) is 9.59 Å². The van der Waals surface area contributed by atoms with Gasteiger partial charge in [0.25, 0.3) is 0 Å². The average Bonchev–Trinajstić information content (AvgIpc) is 3.42. The van der Waals surface area contributed by atoms with Crippen molar-refractivity contribution >= 4 is 40.7 Å². The summed E-state index contributed by atoms with van der Waals surface area (Å²) in [6, 6.07) is 4.48. The number of amides is 2. The molecule has 1 aromatic rings. The van der Waals surface area contributed by atoms with Crippen LogP contribution in [0.25, 0.3) is 0 Å². The van der Waals surface area contributed by atoms with Crippen molar-refractivity contribution in [1.29, 1.82) is 0 Å². The Hall–Kier alpha value is -1.52. The number of nitrogens with one attached hydrogen (secondary N) is 1. The topological polar surface area (TPSA) is 49.4 Å². The number of nitrogens with zero attached hydrogens (tertiary/aromatic N) is 1. The Morgan fingerprint density at radius 3 is 2.64 bits per heavy atom. The van der Waals surface area contributed by atoms with Gasteiger partial charge < -0.3 is 10.2 Å². The zero-order valence-electron chi connectivity index (χ0n) is 14.2. The van der Waals surface area contributed by atoms with Gasteiger partial charge in [-0.25, -0.2) is 0 Å². The van der Waals surface area contributed by atoms with E-state index < -0.39 is 6.04 Å². The second-order valence-electron chi connectivity index (χ2n) is 6.82. The SMILES string of the molecule is C/C(=C/C(=O)N1CCCC[C@@H]1C(=O)Nc1ccc(Cl)cc1Cl)C1CC1. The highest BCUT2D eigenvalue weighted by atomic mass is 35.5. The lowest BCUT2D eigenvalue weighted by atomic mass is 10.0. The Morgan fingerprint density at radius 1 is 1.20 bits per heavy atom. The third kappa shape index (κ3) is 4.56. The van der Waals surface area contributed by atoms with E-state index in [1.54, 1.807) is 29.2 Å². The third-order valence-electron chi connectivity index (χ3n) is 4.85. The molecule has 1 saturated carbocycles. The quantitative estimate of drug-likeness (QED) is 0.771. The van der Waals surface area contributed by atoms with E-state index in [9.17, 15) is 9.59 Å². The summed E-state index contributed by atoms with van der Waals surface area (Å²) in [6.45, 7) is 2.61. The van der Waals surface area contributed by atoms with Gasteiger partial charge in [0.2, 0.25) is 11.8 Å². The van der Waals surface area contributed by atoms with Crippen molar-refractivity contribution in [3.05, 3.63) is 39.9 Å². The van der Waals surface area contributed by atoms with Crippen LogP contribution < -0.4 is 5.32 Å². The van der Waals surface area contributed by atoms with E-state index in [2.05, 4.69) is 5.32 Å². The van der Waals surface area contributed by atoms with Crippen LogP contribution >= 0.6 is 23.2 Å². The molecule has 1 aliphatic carbocycles. The van der Waals surface area contributed by atoms with Gasteiger partial charge in [0.05, 0.1) is 10.7 Å². The minimum Gasteiger partial charge on any atom is -0.327 e. The van der Waals surface area contributed by atoms with Crippen LogP contribution in [0.4, 0.5) is 5.69 Å². The maximum Gasteiger partial charge on any atom is 0.247 e. The van der Waals surface area contributed by atoms with Crippen molar-refractivity contribution in [3.8, 4) is 0 Å². The summed E-state index contributed by atoms with van der Waals surface area (Å²) in [7, 11) is 0.